The standard InChI is InChI=1S/C22H18FN9/c1-12(28-20-17(10-25)19(26)30-22(27)31-20)21-29-18-6-5-15(23)8-14(18)11-32(21)16-4-2-3-13(7-16)9-24/h2-8,12H,11H2,1H3,(H5,26,27,28,30,31). The summed E-state index contributed by atoms with van der Waals surface area (Å²) in [5.41, 5.74) is 14.1. The Bertz CT molecular complexity index is 1320. The molecule has 1 atom stereocenters. The van der Waals surface area contributed by atoms with Crippen molar-refractivity contribution in [2.75, 3.05) is 21.7 Å². The first-order chi connectivity index (χ1) is 15.4. The zero-order chi connectivity index (χ0) is 22.8. The van der Waals surface area contributed by atoms with Crippen LogP contribution in [0.5, 0.6) is 0 Å². The van der Waals surface area contributed by atoms with E-state index in [0.717, 1.165) is 0 Å². The average Bonchev–Trinajstić information content (AvgIpc) is 2.78. The lowest BCUT2D eigenvalue weighted by Gasteiger charge is -2.34. The van der Waals surface area contributed by atoms with Crippen molar-refractivity contribution in [2.24, 2.45) is 4.99 Å². The summed E-state index contributed by atoms with van der Waals surface area (Å²) in [4.78, 5) is 14.5. The van der Waals surface area contributed by atoms with Crippen LogP contribution in [0.4, 0.5) is 33.3 Å². The van der Waals surface area contributed by atoms with Crippen molar-refractivity contribution in [1.82, 2.24) is 9.97 Å². The van der Waals surface area contributed by atoms with Crippen molar-refractivity contribution >= 4 is 34.8 Å². The van der Waals surface area contributed by atoms with E-state index in [2.05, 4.69) is 21.4 Å². The second kappa shape index (κ2) is 8.20. The number of fused-ring (bicyclic) bond motifs is 1. The fourth-order valence-electron chi connectivity index (χ4n) is 3.50. The fraction of sp³-hybridized carbons (Fsp3) is 0.136. The quantitative estimate of drug-likeness (QED) is 0.574. The highest BCUT2D eigenvalue weighted by Gasteiger charge is 2.27. The van der Waals surface area contributed by atoms with Gasteiger partial charge < -0.3 is 21.7 Å². The Morgan fingerprint density at radius 1 is 1.12 bits per heavy atom. The predicted molar refractivity (Wildman–Crippen MR) is 119 cm³/mol. The van der Waals surface area contributed by atoms with Gasteiger partial charge in [-0.2, -0.15) is 20.5 Å². The van der Waals surface area contributed by atoms with Crippen LogP contribution in [0, 0.1) is 28.5 Å². The zero-order valence-electron chi connectivity index (χ0n) is 17.0. The van der Waals surface area contributed by atoms with Crippen LogP contribution in [0.15, 0.2) is 47.5 Å². The number of aromatic nitrogens is 2. The molecule has 0 saturated carbocycles. The van der Waals surface area contributed by atoms with E-state index in [9.17, 15) is 14.9 Å². The van der Waals surface area contributed by atoms with E-state index in [1.807, 2.05) is 24.0 Å². The molecule has 1 aromatic heterocycles. The number of hydrogen-bond donors (Lipinski definition) is 3. The highest BCUT2D eigenvalue weighted by Crippen LogP contribution is 2.32. The Morgan fingerprint density at radius 2 is 1.94 bits per heavy atom. The molecule has 0 amide bonds. The minimum atomic E-state index is -0.459. The van der Waals surface area contributed by atoms with Gasteiger partial charge in [0.05, 0.1) is 29.9 Å². The first-order valence-electron chi connectivity index (χ1n) is 9.64. The predicted octanol–water partition coefficient (Wildman–Crippen LogP) is 3.07. The molecular weight excluding hydrogens is 409 g/mol. The number of amidine groups is 1. The number of halogens is 1. The molecule has 0 bridgehead atoms. The van der Waals surface area contributed by atoms with Gasteiger partial charge in [0.1, 0.15) is 29.1 Å². The van der Waals surface area contributed by atoms with Crippen molar-refractivity contribution in [3.05, 3.63) is 65.0 Å². The molecule has 0 saturated heterocycles. The Morgan fingerprint density at radius 3 is 2.69 bits per heavy atom. The third-order valence-corrected chi connectivity index (χ3v) is 4.98. The number of aliphatic imine (C=N–C) groups is 1. The molecule has 2 aromatic carbocycles. The third-order valence-electron chi connectivity index (χ3n) is 4.98. The van der Waals surface area contributed by atoms with E-state index in [1.54, 1.807) is 24.3 Å². The molecule has 0 fully saturated rings. The van der Waals surface area contributed by atoms with Gasteiger partial charge in [0.25, 0.3) is 0 Å². The normalized spacial score (nSPS) is 13.4. The smallest absolute Gasteiger partial charge is 0.224 e. The molecule has 3 aromatic rings. The Hall–Kier alpha value is -4.70. The number of nitrogens with zero attached hydrogens (tertiary/aromatic N) is 6. The number of rotatable bonds is 4. The largest absolute Gasteiger partial charge is 0.382 e. The zero-order valence-corrected chi connectivity index (χ0v) is 17.0. The molecular formula is C22H18FN9. The number of anilines is 4. The molecule has 1 unspecified atom stereocenters. The number of benzene rings is 2. The van der Waals surface area contributed by atoms with Crippen molar-refractivity contribution in [1.29, 1.82) is 10.5 Å². The summed E-state index contributed by atoms with van der Waals surface area (Å²) in [6.07, 6.45) is 0. The number of nitrogen functional groups attached to an aromatic ring is 2. The van der Waals surface area contributed by atoms with Crippen LogP contribution in [0.3, 0.4) is 0 Å². The van der Waals surface area contributed by atoms with E-state index in [4.69, 9.17) is 16.5 Å². The van der Waals surface area contributed by atoms with Crippen molar-refractivity contribution in [3.63, 3.8) is 0 Å². The molecule has 9 nitrogen and oxygen atoms in total. The van der Waals surface area contributed by atoms with Gasteiger partial charge in [-0.1, -0.05) is 6.07 Å². The Labute approximate surface area is 183 Å². The second-order valence-corrected chi connectivity index (χ2v) is 7.16. The lowest BCUT2D eigenvalue weighted by atomic mass is 10.1. The molecule has 0 spiro atoms. The molecule has 2 heterocycles. The SMILES string of the molecule is CC(Nc1nc(N)nc(N)c1C#N)C1=Nc2ccc(F)cc2CN1c1cccc(C#N)c1. The van der Waals surface area contributed by atoms with Gasteiger partial charge in [-0.3, -0.25) is 0 Å². The number of nitrogens with two attached hydrogens (primary N) is 2. The van der Waals surface area contributed by atoms with E-state index in [0.29, 0.717) is 34.9 Å². The highest BCUT2D eigenvalue weighted by molar-refractivity contribution is 6.05. The minimum absolute atomic E-state index is 0.0281. The maximum Gasteiger partial charge on any atom is 0.224 e. The summed E-state index contributed by atoms with van der Waals surface area (Å²) in [7, 11) is 0. The van der Waals surface area contributed by atoms with Gasteiger partial charge in [-0.05, 0) is 43.3 Å². The molecule has 10 heteroatoms. The lowest BCUT2D eigenvalue weighted by Crippen LogP contribution is -2.43. The second-order valence-electron chi connectivity index (χ2n) is 7.16. The first kappa shape index (κ1) is 20.6. The molecule has 0 radical (unpaired) electrons. The maximum absolute atomic E-state index is 13.9. The van der Waals surface area contributed by atoms with Gasteiger partial charge in [-0.15, -0.1) is 0 Å². The molecule has 0 aliphatic carbocycles. The molecule has 158 valence electrons. The molecule has 5 N–H and O–H groups in total. The Balaban J connectivity index is 1.78. The lowest BCUT2D eigenvalue weighted by molar-refractivity contribution is 0.625. The van der Waals surface area contributed by atoms with Gasteiger partial charge in [0, 0.05) is 11.3 Å². The summed E-state index contributed by atoms with van der Waals surface area (Å²) in [6, 6.07) is 15.1. The van der Waals surface area contributed by atoms with Crippen LogP contribution >= 0.6 is 0 Å². The molecule has 32 heavy (non-hydrogen) atoms. The first-order valence-corrected chi connectivity index (χ1v) is 9.64. The van der Waals surface area contributed by atoms with Crippen LogP contribution in [0.25, 0.3) is 0 Å². The van der Waals surface area contributed by atoms with Crippen LogP contribution in [0.1, 0.15) is 23.6 Å². The summed E-state index contributed by atoms with van der Waals surface area (Å²) >= 11 is 0. The molecule has 4 rings (SSSR count). The van der Waals surface area contributed by atoms with Crippen LogP contribution in [-0.2, 0) is 6.54 Å². The topological polar surface area (TPSA) is 153 Å². The van der Waals surface area contributed by atoms with Gasteiger partial charge in [-0.25, -0.2) is 9.38 Å². The van der Waals surface area contributed by atoms with Crippen LogP contribution < -0.4 is 21.7 Å². The van der Waals surface area contributed by atoms with Crippen molar-refractivity contribution in [3.8, 4) is 12.1 Å². The summed E-state index contributed by atoms with van der Waals surface area (Å²) in [5, 5.41) is 21.9. The summed E-state index contributed by atoms with van der Waals surface area (Å²) in [5.74, 6) is 0.313. The van der Waals surface area contributed by atoms with Crippen molar-refractivity contribution in [2.45, 2.75) is 19.5 Å². The minimum Gasteiger partial charge on any atom is -0.382 e. The van der Waals surface area contributed by atoms with Gasteiger partial charge in [0.2, 0.25) is 5.95 Å². The number of nitriles is 2. The van der Waals surface area contributed by atoms with E-state index in [-0.39, 0.29) is 29.0 Å². The maximum atomic E-state index is 13.9. The van der Waals surface area contributed by atoms with Crippen molar-refractivity contribution < 1.29 is 4.39 Å². The van der Waals surface area contributed by atoms with Gasteiger partial charge in [0.15, 0.2) is 5.82 Å². The third kappa shape index (κ3) is 3.85. The Kier molecular flexibility index (Phi) is 5.27. The molecule has 1 aliphatic heterocycles. The monoisotopic (exact) mass is 427 g/mol. The van der Waals surface area contributed by atoms with Crippen LogP contribution in [-0.4, -0.2) is 21.8 Å². The summed E-state index contributed by atoms with van der Waals surface area (Å²) < 4.78 is 13.9. The fourth-order valence-corrected chi connectivity index (χ4v) is 3.50. The molecule has 1 aliphatic rings. The highest BCUT2D eigenvalue weighted by atomic mass is 19.1. The van der Waals surface area contributed by atoms with Gasteiger partial charge >= 0.3 is 0 Å². The summed E-state index contributed by atoms with van der Waals surface area (Å²) in [6.45, 7) is 2.18. The van der Waals surface area contributed by atoms with E-state index < -0.39 is 6.04 Å². The number of hydrogen-bond acceptors (Lipinski definition) is 9. The average molecular weight is 427 g/mol. The van der Waals surface area contributed by atoms with E-state index in [1.165, 1.54) is 12.1 Å². The van der Waals surface area contributed by atoms with Crippen LogP contribution in [0.2, 0.25) is 0 Å². The number of nitrogens with one attached hydrogen (secondary N) is 1. The van der Waals surface area contributed by atoms with E-state index >= 15 is 0 Å².